The molecular formula is C23H28O6. The molecule has 0 aromatic rings. The van der Waals surface area contributed by atoms with Crippen LogP contribution >= 0.6 is 0 Å². The van der Waals surface area contributed by atoms with Crippen molar-refractivity contribution in [2.45, 2.75) is 65.3 Å². The smallest absolute Gasteiger partial charge is 0.316 e. The van der Waals surface area contributed by atoms with Crippen molar-refractivity contribution in [2.24, 2.45) is 28.1 Å². The number of methoxy groups -OCH3 is 1. The Hall–Kier alpha value is -1.95. The highest BCUT2D eigenvalue weighted by atomic mass is 16.6. The lowest BCUT2D eigenvalue weighted by molar-refractivity contribution is -0.190. The normalized spacial score (nSPS) is 49.6. The second kappa shape index (κ2) is 5.60. The van der Waals surface area contributed by atoms with E-state index in [1.807, 2.05) is 13.8 Å². The van der Waals surface area contributed by atoms with Crippen LogP contribution in [0.5, 0.6) is 0 Å². The largest absolute Gasteiger partial charge is 0.469 e. The molecule has 5 rings (SSSR count). The maximum atomic E-state index is 13.4. The van der Waals surface area contributed by atoms with Crippen LogP contribution in [0.1, 0.15) is 47.0 Å². The van der Waals surface area contributed by atoms with Crippen molar-refractivity contribution in [3.63, 3.8) is 0 Å². The number of ether oxygens (including phenoxy) is 3. The minimum Gasteiger partial charge on any atom is -0.469 e. The molecule has 0 bridgehead atoms. The fourth-order valence-corrected chi connectivity index (χ4v) is 7.55. The molecule has 29 heavy (non-hydrogen) atoms. The van der Waals surface area contributed by atoms with E-state index in [-0.39, 0.29) is 48.2 Å². The number of carbonyl (C=O) groups is 3. The fraction of sp³-hybridized carbons (Fsp3) is 0.696. The van der Waals surface area contributed by atoms with Gasteiger partial charge in [0.15, 0.2) is 5.78 Å². The summed E-state index contributed by atoms with van der Waals surface area (Å²) in [5, 5.41) is 0. The van der Waals surface area contributed by atoms with Gasteiger partial charge in [-0.1, -0.05) is 25.5 Å². The van der Waals surface area contributed by atoms with Gasteiger partial charge in [-0.05, 0) is 44.3 Å². The summed E-state index contributed by atoms with van der Waals surface area (Å²) in [7, 11) is 1.37. The topological polar surface area (TPSA) is 78.9 Å². The van der Waals surface area contributed by atoms with Gasteiger partial charge in [0, 0.05) is 16.7 Å². The third-order valence-electron chi connectivity index (χ3n) is 8.81. The maximum Gasteiger partial charge on any atom is 0.316 e. The number of hydrogen-bond donors (Lipinski definition) is 0. The van der Waals surface area contributed by atoms with Crippen LogP contribution in [-0.2, 0) is 28.6 Å². The van der Waals surface area contributed by atoms with Crippen molar-refractivity contribution in [3.05, 3.63) is 23.3 Å². The van der Waals surface area contributed by atoms with Gasteiger partial charge in [0.25, 0.3) is 0 Å². The van der Waals surface area contributed by atoms with E-state index in [9.17, 15) is 14.4 Å². The van der Waals surface area contributed by atoms with E-state index in [2.05, 4.69) is 13.8 Å². The van der Waals surface area contributed by atoms with Gasteiger partial charge in [-0.2, -0.15) is 0 Å². The van der Waals surface area contributed by atoms with Gasteiger partial charge in [0.05, 0.1) is 25.0 Å². The van der Waals surface area contributed by atoms with E-state index >= 15 is 0 Å². The molecule has 8 atom stereocenters. The summed E-state index contributed by atoms with van der Waals surface area (Å²) in [6.45, 7) is 7.98. The Kier molecular flexibility index (Phi) is 3.67. The summed E-state index contributed by atoms with van der Waals surface area (Å²) in [5.74, 6) is -1.41. The summed E-state index contributed by atoms with van der Waals surface area (Å²) in [4.78, 5) is 38.9. The highest BCUT2D eigenvalue weighted by molar-refractivity contribution is 6.00. The molecule has 0 aromatic carbocycles. The molecule has 0 spiro atoms. The van der Waals surface area contributed by atoms with Gasteiger partial charge in [0.2, 0.25) is 0 Å². The molecule has 2 heterocycles. The first-order valence-electron chi connectivity index (χ1n) is 10.5. The summed E-state index contributed by atoms with van der Waals surface area (Å²) >= 11 is 0. The van der Waals surface area contributed by atoms with Crippen LogP contribution in [0.3, 0.4) is 0 Å². The Labute approximate surface area is 170 Å². The van der Waals surface area contributed by atoms with Crippen LogP contribution in [0, 0.1) is 28.1 Å². The number of allylic oxidation sites excluding steroid dienone is 2. The predicted molar refractivity (Wildman–Crippen MR) is 103 cm³/mol. The summed E-state index contributed by atoms with van der Waals surface area (Å²) < 4.78 is 17.5. The lowest BCUT2D eigenvalue weighted by atomic mass is 9.42. The van der Waals surface area contributed by atoms with Crippen molar-refractivity contribution < 1.29 is 28.6 Å². The molecule has 0 radical (unpaired) electrons. The number of hydrogen-bond acceptors (Lipinski definition) is 6. The molecule has 156 valence electrons. The Balaban J connectivity index is 1.78. The van der Waals surface area contributed by atoms with Crippen LogP contribution in [0.25, 0.3) is 0 Å². The summed E-state index contributed by atoms with van der Waals surface area (Å²) in [6, 6.07) is 0. The Morgan fingerprint density at radius 1 is 1.24 bits per heavy atom. The van der Waals surface area contributed by atoms with Gasteiger partial charge in [0.1, 0.15) is 12.2 Å². The third-order valence-corrected chi connectivity index (χ3v) is 8.81. The Morgan fingerprint density at radius 3 is 2.66 bits per heavy atom. The molecular weight excluding hydrogens is 372 g/mol. The van der Waals surface area contributed by atoms with Crippen LogP contribution in [0.4, 0.5) is 0 Å². The van der Waals surface area contributed by atoms with Gasteiger partial charge in [-0.3, -0.25) is 14.4 Å². The lowest BCUT2D eigenvalue weighted by Crippen LogP contribution is -2.66. The van der Waals surface area contributed by atoms with Crippen molar-refractivity contribution in [1.29, 1.82) is 0 Å². The zero-order chi connectivity index (χ0) is 20.9. The van der Waals surface area contributed by atoms with Crippen LogP contribution in [-0.4, -0.2) is 43.1 Å². The second-order valence-electron chi connectivity index (χ2n) is 10.0. The van der Waals surface area contributed by atoms with Crippen LogP contribution in [0.15, 0.2) is 23.3 Å². The molecule has 2 aliphatic heterocycles. The predicted octanol–water partition coefficient (Wildman–Crippen LogP) is 2.76. The zero-order valence-electron chi connectivity index (χ0n) is 17.6. The molecule has 1 saturated carbocycles. The van der Waals surface area contributed by atoms with Crippen molar-refractivity contribution in [2.75, 3.05) is 7.11 Å². The molecule has 3 fully saturated rings. The van der Waals surface area contributed by atoms with E-state index in [1.54, 1.807) is 6.08 Å². The maximum absolute atomic E-state index is 13.4. The molecule has 0 amide bonds. The first kappa shape index (κ1) is 19.0. The van der Waals surface area contributed by atoms with Crippen molar-refractivity contribution in [1.82, 2.24) is 0 Å². The van der Waals surface area contributed by atoms with E-state index in [0.717, 1.165) is 12.8 Å². The van der Waals surface area contributed by atoms with Gasteiger partial charge in [-0.15, -0.1) is 0 Å². The average molecular weight is 400 g/mol. The molecule has 0 N–H and O–H groups in total. The standard InChI is InChI=1S/C23H28O6/c1-11-6-7-12-16(11)23(4)13(10-15(25)27-5)22(3)14(24)8-9-21(2)18(22)17(19(23)28-12)29-20(21)26/h8-9,12-13,17-19H,6-7,10H2,1-5H3/t12-,13-,17-,18+,19-,21-,22+,23?/m1/s1. The first-order valence-corrected chi connectivity index (χ1v) is 10.5. The van der Waals surface area contributed by atoms with Crippen LogP contribution in [0.2, 0.25) is 0 Å². The van der Waals surface area contributed by atoms with E-state index in [1.165, 1.54) is 24.3 Å². The molecule has 1 unspecified atom stereocenters. The third kappa shape index (κ3) is 1.99. The SMILES string of the molecule is COC(=O)C[C@H]1C2(C)C3=C(C)CC[C@H]3O[C@@H]2[C@@H]2OC(=O)[C@]3(C)C=CC(=O)[C@@]1(C)[C@@H]23. The summed E-state index contributed by atoms with van der Waals surface area (Å²) in [6.07, 6.45) is 4.27. The monoisotopic (exact) mass is 400 g/mol. The fourth-order valence-electron chi connectivity index (χ4n) is 7.55. The highest BCUT2D eigenvalue weighted by Crippen LogP contribution is 2.71. The molecule has 5 aliphatic rings. The van der Waals surface area contributed by atoms with Gasteiger partial charge < -0.3 is 14.2 Å². The van der Waals surface area contributed by atoms with E-state index in [4.69, 9.17) is 14.2 Å². The zero-order valence-corrected chi connectivity index (χ0v) is 17.6. The van der Waals surface area contributed by atoms with Crippen molar-refractivity contribution in [3.8, 4) is 0 Å². The number of esters is 2. The minimum atomic E-state index is -0.923. The second-order valence-corrected chi connectivity index (χ2v) is 10.0. The summed E-state index contributed by atoms with van der Waals surface area (Å²) in [5.41, 5.74) is 0.0780. The van der Waals surface area contributed by atoms with Crippen LogP contribution < -0.4 is 0 Å². The first-order chi connectivity index (χ1) is 13.6. The lowest BCUT2D eigenvalue weighted by Gasteiger charge is -2.59. The quantitative estimate of drug-likeness (QED) is 0.524. The van der Waals surface area contributed by atoms with Gasteiger partial charge >= 0.3 is 11.9 Å². The number of fused-ring (bicyclic) bond motifs is 4. The Bertz CT molecular complexity index is 901. The minimum absolute atomic E-state index is 0.0393. The number of carbonyl (C=O) groups excluding carboxylic acids is 3. The van der Waals surface area contributed by atoms with Gasteiger partial charge in [-0.25, -0.2) is 0 Å². The van der Waals surface area contributed by atoms with E-state index in [0.29, 0.717) is 0 Å². The molecule has 0 aromatic heterocycles. The molecule has 6 nitrogen and oxygen atoms in total. The molecule has 6 heteroatoms. The van der Waals surface area contributed by atoms with Crippen molar-refractivity contribution >= 4 is 17.7 Å². The molecule has 3 aliphatic carbocycles. The average Bonchev–Trinajstić information content (AvgIpc) is 3.28. The Morgan fingerprint density at radius 2 is 1.97 bits per heavy atom. The number of rotatable bonds is 2. The number of ketones is 1. The van der Waals surface area contributed by atoms with E-state index < -0.39 is 22.3 Å². The molecule has 2 saturated heterocycles. The highest BCUT2D eigenvalue weighted by Gasteiger charge is 2.77.